The molecule has 2 N–H and O–H groups in total. The van der Waals surface area contributed by atoms with Gasteiger partial charge in [0.05, 0.1) is 22.3 Å². The first-order chi connectivity index (χ1) is 15.6. The number of aromatic nitrogens is 2. The number of pyridine rings is 1. The number of carbonyl (C=O) groups excluding carboxylic acids is 2. The second-order valence-corrected chi connectivity index (χ2v) is 9.05. The van der Waals surface area contributed by atoms with E-state index in [4.69, 9.17) is 14.9 Å². The van der Waals surface area contributed by atoms with Crippen molar-refractivity contribution in [1.82, 2.24) is 19.8 Å². The number of rotatable bonds is 3. The standard InChI is InChI=1S/C22H19N5O4S/c23-21(29)26-9-12-3-4-13(10-26)27(12)20(28)16-11-30-17-8-14(5-6-15(16)17)31-22-25-19-18(32-22)2-1-7-24-19/h1-2,5-8,11-13H,3-4,9-10H2,(H2,23,29). The molecule has 1 aromatic carbocycles. The van der Waals surface area contributed by atoms with E-state index < -0.39 is 6.03 Å². The Hall–Kier alpha value is -3.66. The van der Waals surface area contributed by atoms with Crippen LogP contribution in [0, 0.1) is 0 Å². The van der Waals surface area contributed by atoms with Gasteiger partial charge in [0, 0.05) is 30.7 Å². The maximum absolute atomic E-state index is 13.4. The molecule has 10 heteroatoms. The van der Waals surface area contributed by atoms with Gasteiger partial charge in [-0.25, -0.2) is 9.78 Å². The maximum atomic E-state index is 13.4. The zero-order valence-corrected chi connectivity index (χ0v) is 17.7. The van der Waals surface area contributed by atoms with Gasteiger partial charge in [0.1, 0.15) is 17.6 Å². The highest BCUT2D eigenvalue weighted by atomic mass is 32.1. The molecule has 0 aliphatic carbocycles. The summed E-state index contributed by atoms with van der Waals surface area (Å²) in [6, 6.07) is 8.71. The Bertz CT molecular complexity index is 1320. The number of hydrogen-bond donors (Lipinski definition) is 1. The molecule has 5 heterocycles. The van der Waals surface area contributed by atoms with Crippen molar-refractivity contribution in [2.24, 2.45) is 5.73 Å². The molecule has 0 saturated carbocycles. The Kier molecular flexibility index (Phi) is 4.29. The molecule has 2 aliphatic heterocycles. The van der Waals surface area contributed by atoms with Crippen molar-refractivity contribution < 1.29 is 18.7 Å². The SMILES string of the molecule is NC(=O)N1CC2CCC(C1)N2C(=O)c1coc2cc(Oc3nc4ncccc4s3)ccc12. The summed E-state index contributed by atoms with van der Waals surface area (Å²) in [5.41, 5.74) is 7.17. The molecular formula is C22H19N5O4S. The molecule has 162 valence electrons. The number of thiazole rings is 1. The number of nitrogens with two attached hydrogens (primary N) is 1. The molecule has 3 aromatic heterocycles. The molecule has 3 amide bonds. The second kappa shape index (κ2) is 7.20. The van der Waals surface area contributed by atoms with E-state index in [1.54, 1.807) is 23.2 Å². The van der Waals surface area contributed by atoms with Crippen LogP contribution in [0.4, 0.5) is 4.79 Å². The minimum atomic E-state index is -0.431. The van der Waals surface area contributed by atoms with E-state index in [-0.39, 0.29) is 18.0 Å². The zero-order valence-electron chi connectivity index (χ0n) is 16.9. The summed E-state index contributed by atoms with van der Waals surface area (Å²) in [4.78, 5) is 37.1. The molecule has 6 rings (SSSR count). The van der Waals surface area contributed by atoms with Gasteiger partial charge >= 0.3 is 6.03 Å². The zero-order chi connectivity index (χ0) is 21.8. The molecular weight excluding hydrogens is 430 g/mol. The molecule has 2 unspecified atom stereocenters. The summed E-state index contributed by atoms with van der Waals surface area (Å²) >= 11 is 1.41. The summed E-state index contributed by atoms with van der Waals surface area (Å²) in [5, 5.41) is 1.22. The number of primary amides is 1. The highest BCUT2D eigenvalue weighted by Crippen LogP contribution is 2.35. The summed E-state index contributed by atoms with van der Waals surface area (Å²) in [7, 11) is 0. The number of benzene rings is 1. The van der Waals surface area contributed by atoms with Crippen LogP contribution in [-0.4, -0.2) is 56.9 Å². The first kappa shape index (κ1) is 19.1. The van der Waals surface area contributed by atoms with E-state index in [1.165, 1.54) is 17.6 Å². The van der Waals surface area contributed by atoms with Gasteiger partial charge < -0.3 is 24.7 Å². The molecule has 2 bridgehead atoms. The topological polar surface area (TPSA) is 115 Å². The number of piperazine rings is 1. The lowest BCUT2D eigenvalue weighted by Gasteiger charge is -2.40. The summed E-state index contributed by atoms with van der Waals surface area (Å²) in [5.74, 6) is 0.492. The smallest absolute Gasteiger partial charge is 0.314 e. The largest absolute Gasteiger partial charge is 0.463 e. The quantitative estimate of drug-likeness (QED) is 0.511. The van der Waals surface area contributed by atoms with Crippen molar-refractivity contribution in [2.75, 3.05) is 13.1 Å². The third-order valence-electron chi connectivity index (χ3n) is 6.16. The van der Waals surface area contributed by atoms with Crippen LogP contribution in [0.25, 0.3) is 21.3 Å². The highest BCUT2D eigenvalue weighted by molar-refractivity contribution is 7.20. The van der Waals surface area contributed by atoms with E-state index in [0.29, 0.717) is 40.8 Å². The van der Waals surface area contributed by atoms with Crippen LogP contribution in [-0.2, 0) is 0 Å². The van der Waals surface area contributed by atoms with Gasteiger partial charge in [-0.2, -0.15) is 4.98 Å². The van der Waals surface area contributed by atoms with Crippen molar-refractivity contribution >= 4 is 44.6 Å². The van der Waals surface area contributed by atoms with Crippen LogP contribution in [0.1, 0.15) is 23.2 Å². The van der Waals surface area contributed by atoms with Crippen molar-refractivity contribution in [1.29, 1.82) is 0 Å². The Labute approximate surface area is 186 Å². The van der Waals surface area contributed by atoms with Gasteiger partial charge in [-0.3, -0.25) is 4.79 Å². The molecule has 32 heavy (non-hydrogen) atoms. The normalized spacial score (nSPS) is 20.2. The van der Waals surface area contributed by atoms with Crippen molar-refractivity contribution in [3.05, 3.63) is 48.4 Å². The van der Waals surface area contributed by atoms with Crippen LogP contribution >= 0.6 is 11.3 Å². The van der Waals surface area contributed by atoms with Crippen molar-refractivity contribution in [3.63, 3.8) is 0 Å². The van der Waals surface area contributed by atoms with E-state index in [1.807, 2.05) is 23.1 Å². The minimum Gasteiger partial charge on any atom is -0.463 e. The van der Waals surface area contributed by atoms with Crippen LogP contribution < -0.4 is 10.5 Å². The van der Waals surface area contributed by atoms with Gasteiger partial charge in [-0.1, -0.05) is 11.3 Å². The Morgan fingerprint density at radius 1 is 1.19 bits per heavy atom. The van der Waals surface area contributed by atoms with E-state index in [9.17, 15) is 9.59 Å². The van der Waals surface area contributed by atoms with Gasteiger partial charge in [-0.05, 0) is 37.1 Å². The fraction of sp³-hybridized carbons (Fsp3) is 0.273. The number of furan rings is 1. The monoisotopic (exact) mass is 449 g/mol. The number of urea groups is 1. The Balaban J connectivity index is 1.25. The molecule has 2 fully saturated rings. The van der Waals surface area contributed by atoms with Crippen LogP contribution in [0.15, 0.2) is 47.2 Å². The fourth-order valence-corrected chi connectivity index (χ4v) is 5.48. The molecule has 0 radical (unpaired) electrons. The van der Waals surface area contributed by atoms with Gasteiger partial charge in [0.15, 0.2) is 5.65 Å². The summed E-state index contributed by atoms with van der Waals surface area (Å²) < 4.78 is 12.6. The lowest BCUT2D eigenvalue weighted by Crippen LogP contribution is -2.58. The number of fused-ring (bicyclic) bond motifs is 4. The minimum absolute atomic E-state index is 0.0195. The number of likely N-dealkylation sites (tertiary alicyclic amines) is 1. The molecule has 9 nitrogen and oxygen atoms in total. The van der Waals surface area contributed by atoms with Gasteiger partial charge in [-0.15, -0.1) is 0 Å². The molecule has 4 aromatic rings. The van der Waals surface area contributed by atoms with E-state index in [2.05, 4.69) is 9.97 Å². The first-order valence-corrected chi connectivity index (χ1v) is 11.2. The van der Waals surface area contributed by atoms with Crippen LogP contribution in [0.5, 0.6) is 10.9 Å². The summed E-state index contributed by atoms with van der Waals surface area (Å²) in [6.07, 6.45) is 4.92. The number of hydrogen-bond acceptors (Lipinski definition) is 7. The molecule has 2 atom stereocenters. The van der Waals surface area contributed by atoms with E-state index >= 15 is 0 Å². The molecule has 0 spiro atoms. The third kappa shape index (κ3) is 3.06. The maximum Gasteiger partial charge on any atom is 0.314 e. The lowest BCUT2D eigenvalue weighted by atomic mass is 10.1. The third-order valence-corrected chi connectivity index (χ3v) is 7.04. The Morgan fingerprint density at radius 3 is 2.75 bits per heavy atom. The molecule has 2 aliphatic rings. The Morgan fingerprint density at radius 2 is 2.00 bits per heavy atom. The fourth-order valence-electron chi connectivity index (χ4n) is 4.68. The number of amides is 3. The van der Waals surface area contributed by atoms with Crippen LogP contribution in [0.2, 0.25) is 0 Å². The van der Waals surface area contributed by atoms with Crippen molar-refractivity contribution in [2.45, 2.75) is 24.9 Å². The van der Waals surface area contributed by atoms with Crippen LogP contribution in [0.3, 0.4) is 0 Å². The van der Waals surface area contributed by atoms with E-state index in [0.717, 1.165) is 22.9 Å². The molecule has 2 saturated heterocycles. The number of carbonyl (C=O) groups is 2. The summed E-state index contributed by atoms with van der Waals surface area (Å²) in [6.45, 7) is 0.949. The lowest BCUT2D eigenvalue weighted by molar-refractivity contribution is 0.0490. The first-order valence-electron chi connectivity index (χ1n) is 10.3. The van der Waals surface area contributed by atoms with Gasteiger partial charge in [0.2, 0.25) is 0 Å². The average Bonchev–Trinajstić information content (AvgIpc) is 3.46. The highest BCUT2D eigenvalue weighted by Gasteiger charge is 2.44. The predicted molar refractivity (Wildman–Crippen MR) is 118 cm³/mol. The predicted octanol–water partition coefficient (Wildman–Crippen LogP) is 3.60. The number of nitrogens with zero attached hydrogens (tertiary/aromatic N) is 4. The average molecular weight is 449 g/mol. The van der Waals surface area contributed by atoms with Gasteiger partial charge in [0.25, 0.3) is 11.1 Å². The van der Waals surface area contributed by atoms with Crippen molar-refractivity contribution in [3.8, 4) is 10.9 Å². The second-order valence-electron chi connectivity index (χ2n) is 8.05. The number of ether oxygens (including phenoxy) is 1.